The summed E-state index contributed by atoms with van der Waals surface area (Å²) >= 11 is 0. The van der Waals surface area contributed by atoms with E-state index >= 15 is 0 Å². The van der Waals surface area contributed by atoms with E-state index in [4.69, 9.17) is 9.47 Å². The van der Waals surface area contributed by atoms with E-state index in [9.17, 15) is 24.0 Å². The van der Waals surface area contributed by atoms with Gasteiger partial charge in [-0.05, 0) is 76.6 Å². The van der Waals surface area contributed by atoms with Gasteiger partial charge in [0.25, 0.3) is 0 Å². The van der Waals surface area contributed by atoms with Crippen molar-refractivity contribution >= 4 is 28.9 Å². The minimum absolute atomic E-state index is 0.0220. The average molecular weight is 525 g/mol. The van der Waals surface area contributed by atoms with Crippen molar-refractivity contribution in [2.24, 2.45) is 22.7 Å². The lowest BCUT2D eigenvalue weighted by molar-refractivity contribution is -0.161. The first-order chi connectivity index (χ1) is 17.8. The Bertz CT molecular complexity index is 1150. The zero-order valence-electron chi connectivity index (χ0n) is 23.9. The van der Waals surface area contributed by atoms with Crippen LogP contribution in [0.3, 0.4) is 0 Å². The summed E-state index contributed by atoms with van der Waals surface area (Å²) in [4.78, 5) is 66.3. The molecule has 0 atom stereocenters. The number of methoxy groups -OCH3 is 2. The number of ketones is 5. The molecule has 0 aliphatic heterocycles. The summed E-state index contributed by atoms with van der Waals surface area (Å²) in [6.45, 7) is 13.7. The Kier molecular flexibility index (Phi) is 9.76. The summed E-state index contributed by atoms with van der Waals surface area (Å²) in [6, 6.07) is 5.29. The Balaban J connectivity index is 0.00000247. The van der Waals surface area contributed by atoms with Crippen LogP contribution in [0.5, 0.6) is 11.5 Å². The molecule has 0 radical (unpaired) electrons. The number of benzene rings is 1. The van der Waals surface area contributed by atoms with Crippen LogP contribution in [0.2, 0.25) is 0 Å². The summed E-state index contributed by atoms with van der Waals surface area (Å²) in [5, 5.41) is 0. The van der Waals surface area contributed by atoms with Gasteiger partial charge in [-0.3, -0.25) is 24.0 Å². The monoisotopic (exact) mass is 524 g/mol. The van der Waals surface area contributed by atoms with E-state index in [1.54, 1.807) is 18.2 Å². The maximum Gasteiger partial charge on any atom is 0.184 e. The van der Waals surface area contributed by atoms with Crippen LogP contribution < -0.4 is 9.47 Å². The first-order valence-corrected chi connectivity index (χ1v) is 13.1. The van der Waals surface area contributed by atoms with Gasteiger partial charge in [-0.1, -0.05) is 32.1 Å². The van der Waals surface area contributed by atoms with Gasteiger partial charge in [0.2, 0.25) is 0 Å². The molecule has 0 aromatic heterocycles. The van der Waals surface area contributed by atoms with Crippen LogP contribution in [0.4, 0.5) is 0 Å². The van der Waals surface area contributed by atoms with Crippen LogP contribution >= 0.6 is 0 Å². The number of allylic oxidation sites excluding steroid dienone is 3. The lowest BCUT2D eigenvalue weighted by Crippen LogP contribution is -2.59. The number of hydrogen-bond donors (Lipinski definition) is 0. The second-order valence-electron chi connectivity index (χ2n) is 10.6. The zero-order chi connectivity index (χ0) is 29.0. The molecule has 0 heterocycles. The maximum atomic E-state index is 13.7. The number of carbonyl (C=O) groups is 5. The number of Topliss-reactive ketones (excluding diaryl/α,β-unsaturated/α-hetero) is 5. The molecular formula is C31H40O7. The molecule has 0 bridgehead atoms. The lowest BCUT2D eigenvalue weighted by Gasteiger charge is -2.40. The SMILES string of the molecule is C=C(/C=C(\C(=O)CCc1ccc(OC)c(OC)c1)C(=O)C1C(=O)C(C)(C)C(=O)C(C)(C)C1=O)C1CC1.CC. The molecule has 0 unspecified atom stereocenters. The van der Waals surface area contributed by atoms with Crippen molar-refractivity contribution < 1.29 is 33.4 Å². The molecule has 2 fully saturated rings. The molecule has 2 aliphatic carbocycles. The Labute approximate surface area is 225 Å². The van der Waals surface area contributed by atoms with Crippen molar-refractivity contribution in [3.63, 3.8) is 0 Å². The molecule has 2 aliphatic rings. The fourth-order valence-electron chi connectivity index (χ4n) is 4.71. The van der Waals surface area contributed by atoms with E-state index in [1.807, 2.05) is 13.8 Å². The molecule has 7 heteroatoms. The standard InChI is InChI=1S/C29H34O7.C2H6/c1-16(18-10-11-18)14-19(20(30)12-8-17-9-13-21(35-6)22(15-17)36-7)24(31)23-25(32)28(2,3)27(34)29(4,5)26(23)33;1-2/h9,13-15,18,23H,1,8,10-12H2,2-7H3;1-2H3/b19-14+;. The van der Waals surface area contributed by atoms with Gasteiger partial charge in [0.15, 0.2) is 40.4 Å². The lowest BCUT2D eigenvalue weighted by atomic mass is 9.57. The van der Waals surface area contributed by atoms with Gasteiger partial charge in [-0.25, -0.2) is 0 Å². The van der Waals surface area contributed by atoms with Crippen LogP contribution in [-0.2, 0) is 30.4 Å². The molecule has 1 aromatic carbocycles. The van der Waals surface area contributed by atoms with E-state index in [0.717, 1.165) is 18.4 Å². The second-order valence-corrected chi connectivity index (χ2v) is 10.6. The molecule has 0 saturated heterocycles. The van der Waals surface area contributed by atoms with Crippen molar-refractivity contribution in [3.05, 3.63) is 47.6 Å². The van der Waals surface area contributed by atoms with Crippen molar-refractivity contribution in [1.82, 2.24) is 0 Å². The van der Waals surface area contributed by atoms with Crippen LogP contribution in [-0.4, -0.2) is 43.1 Å². The molecule has 1 aromatic rings. The number of rotatable bonds is 10. The van der Waals surface area contributed by atoms with E-state index in [1.165, 1.54) is 48.0 Å². The summed E-state index contributed by atoms with van der Waals surface area (Å²) in [6.07, 6.45) is 3.54. The number of ether oxygens (including phenoxy) is 2. The molecule has 7 nitrogen and oxygen atoms in total. The molecule has 0 N–H and O–H groups in total. The van der Waals surface area contributed by atoms with E-state index in [0.29, 0.717) is 23.5 Å². The largest absolute Gasteiger partial charge is 0.493 e. The third-order valence-corrected chi connectivity index (χ3v) is 7.24. The summed E-state index contributed by atoms with van der Waals surface area (Å²) in [5.74, 6) is -3.84. The topological polar surface area (TPSA) is 104 Å². The number of carbonyl (C=O) groups excluding carboxylic acids is 5. The first-order valence-electron chi connectivity index (χ1n) is 13.1. The quantitative estimate of drug-likeness (QED) is 0.182. The van der Waals surface area contributed by atoms with Crippen molar-refractivity contribution in [2.45, 2.75) is 67.2 Å². The Morgan fingerprint density at radius 2 is 1.47 bits per heavy atom. The zero-order valence-corrected chi connectivity index (χ0v) is 23.9. The van der Waals surface area contributed by atoms with Gasteiger partial charge in [-0.15, -0.1) is 0 Å². The number of hydrogen-bond acceptors (Lipinski definition) is 7. The highest BCUT2D eigenvalue weighted by Crippen LogP contribution is 2.42. The van der Waals surface area contributed by atoms with Crippen molar-refractivity contribution in [1.29, 1.82) is 0 Å². The molecule has 2 saturated carbocycles. The predicted octanol–water partition coefficient (Wildman–Crippen LogP) is 5.08. The first kappa shape index (κ1) is 30.9. The molecule has 38 heavy (non-hydrogen) atoms. The summed E-state index contributed by atoms with van der Waals surface area (Å²) < 4.78 is 10.6. The van der Waals surface area contributed by atoms with Gasteiger partial charge in [0.05, 0.1) is 30.6 Å². The van der Waals surface area contributed by atoms with Gasteiger partial charge in [-0.2, -0.15) is 0 Å². The smallest absolute Gasteiger partial charge is 0.184 e. The molecule has 0 spiro atoms. The van der Waals surface area contributed by atoms with Gasteiger partial charge < -0.3 is 9.47 Å². The third kappa shape index (κ3) is 6.03. The molecule has 0 amide bonds. The highest BCUT2D eigenvalue weighted by Gasteiger charge is 2.60. The van der Waals surface area contributed by atoms with Crippen LogP contribution in [0.15, 0.2) is 42.0 Å². The number of aryl methyl sites for hydroxylation is 1. The Morgan fingerprint density at radius 1 is 0.947 bits per heavy atom. The minimum atomic E-state index is -1.70. The van der Waals surface area contributed by atoms with Crippen LogP contribution in [0.1, 0.15) is 66.4 Å². The fourth-order valence-corrected chi connectivity index (χ4v) is 4.71. The predicted molar refractivity (Wildman–Crippen MR) is 145 cm³/mol. The minimum Gasteiger partial charge on any atom is -0.493 e. The fraction of sp³-hybridized carbons (Fsp3) is 0.516. The van der Waals surface area contributed by atoms with Gasteiger partial charge in [0, 0.05) is 6.42 Å². The van der Waals surface area contributed by atoms with Gasteiger partial charge >= 0.3 is 0 Å². The normalized spacial score (nSPS) is 18.8. The van der Waals surface area contributed by atoms with Crippen molar-refractivity contribution in [3.8, 4) is 11.5 Å². The van der Waals surface area contributed by atoms with Crippen molar-refractivity contribution in [2.75, 3.05) is 14.2 Å². The van der Waals surface area contributed by atoms with Crippen LogP contribution in [0.25, 0.3) is 0 Å². The highest BCUT2D eigenvalue weighted by molar-refractivity contribution is 6.40. The average Bonchev–Trinajstić information content (AvgIpc) is 3.75. The summed E-state index contributed by atoms with van der Waals surface area (Å²) in [7, 11) is 3.04. The summed E-state index contributed by atoms with van der Waals surface area (Å²) in [5.41, 5.74) is -1.81. The van der Waals surface area contributed by atoms with E-state index < -0.39 is 45.7 Å². The third-order valence-electron chi connectivity index (χ3n) is 7.24. The van der Waals surface area contributed by atoms with E-state index in [2.05, 4.69) is 6.58 Å². The van der Waals surface area contributed by atoms with Gasteiger partial charge in [0.1, 0.15) is 5.92 Å². The highest BCUT2D eigenvalue weighted by atomic mass is 16.5. The van der Waals surface area contributed by atoms with Crippen LogP contribution in [0, 0.1) is 22.7 Å². The van der Waals surface area contributed by atoms with E-state index in [-0.39, 0.29) is 17.9 Å². The Morgan fingerprint density at radius 3 is 1.95 bits per heavy atom. The molecule has 3 rings (SSSR count). The Hall–Kier alpha value is -3.35. The second kappa shape index (κ2) is 12.0. The molecular weight excluding hydrogens is 484 g/mol. The molecule has 206 valence electrons. The maximum absolute atomic E-state index is 13.7.